The SMILES string of the molecule is O=C(CSC1CCNCC1)Nc1ccc(C(=O)O)cc1. The largest absolute Gasteiger partial charge is 0.478 e. The molecule has 1 fully saturated rings. The standard InChI is InChI=1S/C14H18N2O3S/c17-13(9-20-12-5-7-15-8-6-12)16-11-3-1-10(2-4-11)14(18)19/h1-4,12,15H,5-9H2,(H,16,17)(H,18,19). The Bertz CT molecular complexity index is 470. The molecule has 5 nitrogen and oxygen atoms in total. The number of carboxylic acids is 1. The molecule has 0 aliphatic carbocycles. The molecule has 20 heavy (non-hydrogen) atoms. The summed E-state index contributed by atoms with van der Waals surface area (Å²) in [5.41, 5.74) is 0.845. The molecule has 1 aromatic carbocycles. The minimum absolute atomic E-state index is 0.0448. The van der Waals surface area contributed by atoms with Crippen molar-refractivity contribution in [2.45, 2.75) is 18.1 Å². The molecule has 0 aromatic heterocycles. The number of benzene rings is 1. The van der Waals surface area contributed by atoms with Crippen molar-refractivity contribution in [3.8, 4) is 0 Å². The van der Waals surface area contributed by atoms with Gasteiger partial charge in [0.1, 0.15) is 0 Å². The molecule has 0 atom stereocenters. The average Bonchev–Trinajstić information content (AvgIpc) is 2.47. The van der Waals surface area contributed by atoms with Gasteiger partial charge >= 0.3 is 5.97 Å². The Hall–Kier alpha value is -1.53. The Balaban J connectivity index is 1.77. The number of hydrogen-bond acceptors (Lipinski definition) is 4. The van der Waals surface area contributed by atoms with Gasteiger partial charge in [0.25, 0.3) is 0 Å². The Labute approximate surface area is 122 Å². The summed E-state index contributed by atoms with van der Waals surface area (Å²) in [4.78, 5) is 22.5. The van der Waals surface area contributed by atoms with Gasteiger partial charge in [-0.3, -0.25) is 4.79 Å². The van der Waals surface area contributed by atoms with Crippen LogP contribution >= 0.6 is 11.8 Å². The van der Waals surface area contributed by atoms with Crippen LogP contribution in [0.25, 0.3) is 0 Å². The van der Waals surface area contributed by atoms with Crippen molar-refractivity contribution in [1.29, 1.82) is 0 Å². The lowest BCUT2D eigenvalue weighted by molar-refractivity contribution is -0.113. The molecule has 1 amide bonds. The number of rotatable bonds is 5. The second-order valence-corrected chi connectivity index (χ2v) is 5.98. The van der Waals surface area contributed by atoms with Gasteiger partial charge in [0, 0.05) is 10.9 Å². The summed E-state index contributed by atoms with van der Waals surface area (Å²) in [6.45, 7) is 2.05. The zero-order valence-corrected chi connectivity index (χ0v) is 11.9. The molecule has 0 unspecified atom stereocenters. The van der Waals surface area contributed by atoms with Gasteiger partial charge in [-0.2, -0.15) is 0 Å². The highest BCUT2D eigenvalue weighted by Gasteiger charge is 2.15. The van der Waals surface area contributed by atoms with E-state index in [2.05, 4.69) is 10.6 Å². The van der Waals surface area contributed by atoms with Crippen LogP contribution in [0.1, 0.15) is 23.2 Å². The molecular formula is C14H18N2O3S. The van der Waals surface area contributed by atoms with Gasteiger partial charge < -0.3 is 15.7 Å². The molecule has 0 saturated carbocycles. The maximum atomic E-state index is 11.8. The number of thioether (sulfide) groups is 1. The number of nitrogens with one attached hydrogen (secondary N) is 2. The smallest absolute Gasteiger partial charge is 0.335 e. The summed E-state index contributed by atoms with van der Waals surface area (Å²) in [5, 5.41) is 15.4. The van der Waals surface area contributed by atoms with Gasteiger partial charge in [-0.15, -0.1) is 11.8 Å². The molecule has 2 rings (SSSR count). The van der Waals surface area contributed by atoms with Crippen LogP contribution in [0.2, 0.25) is 0 Å². The molecule has 1 aliphatic heterocycles. The van der Waals surface area contributed by atoms with Gasteiger partial charge in [0.05, 0.1) is 11.3 Å². The molecule has 1 aliphatic rings. The summed E-state index contributed by atoms with van der Waals surface area (Å²) in [6.07, 6.45) is 2.20. The number of aromatic carboxylic acids is 1. The lowest BCUT2D eigenvalue weighted by atomic mass is 10.2. The van der Waals surface area contributed by atoms with Gasteiger partial charge in [-0.05, 0) is 50.2 Å². The van der Waals surface area contributed by atoms with Crippen molar-refractivity contribution in [2.24, 2.45) is 0 Å². The number of anilines is 1. The van der Waals surface area contributed by atoms with Crippen LogP contribution in [-0.2, 0) is 4.79 Å². The highest BCUT2D eigenvalue weighted by Crippen LogP contribution is 2.20. The second-order valence-electron chi connectivity index (χ2n) is 4.69. The Morgan fingerprint density at radius 1 is 1.25 bits per heavy atom. The molecule has 0 radical (unpaired) electrons. The normalized spacial score (nSPS) is 15.8. The zero-order valence-electron chi connectivity index (χ0n) is 11.1. The molecule has 1 heterocycles. The van der Waals surface area contributed by atoms with Crippen molar-refractivity contribution in [2.75, 3.05) is 24.2 Å². The number of carbonyl (C=O) groups excluding carboxylic acids is 1. The minimum Gasteiger partial charge on any atom is -0.478 e. The first kappa shape index (κ1) is 14.9. The maximum absolute atomic E-state index is 11.8. The molecule has 108 valence electrons. The van der Waals surface area contributed by atoms with Gasteiger partial charge in [0.2, 0.25) is 5.91 Å². The third-order valence-corrected chi connectivity index (χ3v) is 4.52. The number of hydrogen-bond donors (Lipinski definition) is 3. The van der Waals surface area contributed by atoms with E-state index in [1.165, 1.54) is 12.1 Å². The van der Waals surface area contributed by atoms with Gasteiger partial charge in [0.15, 0.2) is 0 Å². The fourth-order valence-corrected chi connectivity index (χ4v) is 3.08. The molecule has 0 bridgehead atoms. The summed E-state index contributed by atoms with van der Waals surface area (Å²) < 4.78 is 0. The summed E-state index contributed by atoms with van der Waals surface area (Å²) in [6, 6.07) is 6.18. The number of amides is 1. The summed E-state index contributed by atoms with van der Waals surface area (Å²) in [7, 11) is 0. The van der Waals surface area contributed by atoms with Crippen LogP contribution in [0.5, 0.6) is 0 Å². The molecule has 1 saturated heterocycles. The van der Waals surface area contributed by atoms with Crippen LogP contribution in [0.3, 0.4) is 0 Å². The van der Waals surface area contributed by atoms with Crippen molar-refractivity contribution >= 4 is 29.3 Å². The predicted molar refractivity (Wildman–Crippen MR) is 80.4 cm³/mol. The Kier molecular flexibility index (Phi) is 5.43. The van der Waals surface area contributed by atoms with Crippen LogP contribution in [-0.4, -0.2) is 41.1 Å². The van der Waals surface area contributed by atoms with Crippen molar-refractivity contribution in [3.05, 3.63) is 29.8 Å². The fourth-order valence-electron chi connectivity index (χ4n) is 2.05. The van der Waals surface area contributed by atoms with E-state index in [4.69, 9.17) is 5.11 Å². The monoisotopic (exact) mass is 294 g/mol. The van der Waals surface area contributed by atoms with Gasteiger partial charge in [-0.1, -0.05) is 0 Å². The van der Waals surface area contributed by atoms with E-state index in [-0.39, 0.29) is 11.5 Å². The lowest BCUT2D eigenvalue weighted by Gasteiger charge is -2.21. The molecular weight excluding hydrogens is 276 g/mol. The van der Waals surface area contributed by atoms with E-state index in [0.717, 1.165) is 25.9 Å². The van der Waals surface area contributed by atoms with E-state index in [0.29, 0.717) is 16.7 Å². The Morgan fingerprint density at radius 3 is 2.50 bits per heavy atom. The number of carbonyl (C=O) groups is 2. The third-order valence-electron chi connectivity index (χ3n) is 3.15. The summed E-state index contributed by atoms with van der Waals surface area (Å²) >= 11 is 1.69. The van der Waals surface area contributed by atoms with Crippen molar-refractivity contribution in [3.63, 3.8) is 0 Å². The van der Waals surface area contributed by atoms with E-state index < -0.39 is 5.97 Å². The zero-order chi connectivity index (χ0) is 14.4. The average molecular weight is 294 g/mol. The molecule has 6 heteroatoms. The highest BCUT2D eigenvalue weighted by molar-refractivity contribution is 8.00. The van der Waals surface area contributed by atoms with Crippen molar-refractivity contribution < 1.29 is 14.7 Å². The van der Waals surface area contributed by atoms with E-state index in [1.54, 1.807) is 23.9 Å². The minimum atomic E-state index is -0.968. The van der Waals surface area contributed by atoms with Gasteiger partial charge in [-0.25, -0.2) is 4.79 Å². The first-order chi connectivity index (χ1) is 9.65. The van der Waals surface area contributed by atoms with Crippen LogP contribution in [0.4, 0.5) is 5.69 Å². The molecule has 1 aromatic rings. The second kappa shape index (κ2) is 7.31. The lowest BCUT2D eigenvalue weighted by Crippen LogP contribution is -2.30. The number of piperidine rings is 1. The molecule has 3 N–H and O–H groups in total. The first-order valence-electron chi connectivity index (χ1n) is 6.60. The fraction of sp³-hybridized carbons (Fsp3) is 0.429. The topological polar surface area (TPSA) is 78.4 Å². The Morgan fingerprint density at radius 2 is 1.90 bits per heavy atom. The molecule has 0 spiro atoms. The summed E-state index contributed by atoms with van der Waals surface area (Å²) in [5.74, 6) is -0.577. The van der Waals surface area contributed by atoms with Crippen molar-refractivity contribution in [1.82, 2.24) is 5.32 Å². The first-order valence-corrected chi connectivity index (χ1v) is 7.65. The quantitative estimate of drug-likeness (QED) is 0.772. The maximum Gasteiger partial charge on any atom is 0.335 e. The predicted octanol–water partition coefficient (Wildman–Crippen LogP) is 1.81. The van der Waals surface area contributed by atoms with Crippen LogP contribution < -0.4 is 10.6 Å². The number of carboxylic acid groups (broad SMARTS) is 1. The highest BCUT2D eigenvalue weighted by atomic mass is 32.2. The van der Waals surface area contributed by atoms with Crippen LogP contribution in [0.15, 0.2) is 24.3 Å². The van der Waals surface area contributed by atoms with E-state index >= 15 is 0 Å². The van der Waals surface area contributed by atoms with E-state index in [1.807, 2.05) is 0 Å². The third kappa shape index (κ3) is 4.54. The van der Waals surface area contributed by atoms with E-state index in [9.17, 15) is 9.59 Å². The van der Waals surface area contributed by atoms with Crippen LogP contribution in [0, 0.1) is 0 Å².